The fraction of sp³-hybridized carbons (Fsp3) is 0.480. The Balaban J connectivity index is 1.25. The van der Waals surface area contributed by atoms with Crippen LogP contribution >= 0.6 is 23.2 Å². The molecule has 0 unspecified atom stereocenters. The molecule has 0 atom stereocenters. The highest BCUT2D eigenvalue weighted by Gasteiger charge is 2.33. The third-order valence-electron chi connectivity index (χ3n) is 6.91. The summed E-state index contributed by atoms with van der Waals surface area (Å²) < 4.78 is 40.4. The van der Waals surface area contributed by atoms with Crippen molar-refractivity contribution in [1.82, 2.24) is 13.9 Å². The van der Waals surface area contributed by atoms with E-state index >= 15 is 0 Å². The molecule has 0 radical (unpaired) electrons. The first-order valence-electron chi connectivity index (χ1n) is 12.0. The number of methoxy groups -OCH3 is 1. The van der Waals surface area contributed by atoms with Crippen molar-refractivity contribution in [3.8, 4) is 11.5 Å². The number of halogens is 2. The van der Waals surface area contributed by atoms with E-state index in [2.05, 4.69) is 9.62 Å². The summed E-state index contributed by atoms with van der Waals surface area (Å²) in [5.74, 6) is 0.702. The smallest absolute Gasteiger partial charge is 0.304 e. The van der Waals surface area contributed by atoms with E-state index in [4.69, 9.17) is 32.7 Å². The van der Waals surface area contributed by atoms with Crippen LogP contribution in [0.25, 0.3) is 0 Å². The lowest BCUT2D eigenvalue weighted by molar-refractivity contribution is 0.0581. The highest BCUT2D eigenvalue weighted by atomic mass is 35.5. The number of amides is 1. The maximum Gasteiger partial charge on any atom is 0.304 e. The standard InChI is InChI=1S/C25H31Cl2N3O5S/c1-17-23(8-7-22(26)24(17)27)35-21-11-13-29(14-12-21)19-9-15-30(16-10-19)36(32,33)28-25(31)18-3-5-20(34-2)6-4-18/h3-8,19,21H,9-16H2,1-2H3,(H,28,31). The van der Waals surface area contributed by atoms with Crippen molar-refractivity contribution < 1.29 is 22.7 Å². The van der Waals surface area contributed by atoms with Crippen molar-refractivity contribution in [2.24, 2.45) is 0 Å². The zero-order valence-electron chi connectivity index (χ0n) is 20.4. The maximum atomic E-state index is 12.8. The van der Waals surface area contributed by atoms with Crippen LogP contribution in [0.2, 0.25) is 10.0 Å². The Morgan fingerprint density at radius 3 is 2.22 bits per heavy atom. The molecule has 2 aliphatic heterocycles. The van der Waals surface area contributed by atoms with Gasteiger partial charge in [0.2, 0.25) is 0 Å². The SMILES string of the molecule is COc1ccc(C(=O)NS(=O)(=O)N2CCC(N3CCC(Oc4ccc(Cl)c(Cl)c4C)CC3)CC2)cc1. The normalized spacial score (nSPS) is 18.7. The van der Waals surface area contributed by atoms with Gasteiger partial charge in [-0.1, -0.05) is 23.2 Å². The number of nitrogens with zero attached hydrogens (tertiary/aromatic N) is 2. The van der Waals surface area contributed by atoms with Crippen molar-refractivity contribution in [2.75, 3.05) is 33.3 Å². The molecule has 36 heavy (non-hydrogen) atoms. The van der Waals surface area contributed by atoms with Crippen LogP contribution in [0.4, 0.5) is 0 Å². The molecular formula is C25H31Cl2N3O5S. The van der Waals surface area contributed by atoms with Gasteiger partial charge in [-0.3, -0.25) is 4.79 Å². The molecule has 2 heterocycles. The molecule has 0 aromatic heterocycles. The van der Waals surface area contributed by atoms with Crippen molar-refractivity contribution in [2.45, 2.75) is 44.8 Å². The highest BCUT2D eigenvalue weighted by Crippen LogP contribution is 2.34. The van der Waals surface area contributed by atoms with Gasteiger partial charge in [-0.15, -0.1) is 0 Å². The Labute approximate surface area is 222 Å². The zero-order valence-corrected chi connectivity index (χ0v) is 22.7. The minimum Gasteiger partial charge on any atom is -0.497 e. The van der Waals surface area contributed by atoms with Crippen LogP contribution < -0.4 is 14.2 Å². The highest BCUT2D eigenvalue weighted by molar-refractivity contribution is 7.87. The predicted molar refractivity (Wildman–Crippen MR) is 140 cm³/mol. The van der Waals surface area contributed by atoms with Gasteiger partial charge in [-0.25, -0.2) is 4.72 Å². The van der Waals surface area contributed by atoms with Gasteiger partial charge in [0.25, 0.3) is 5.91 Å². The third kappa shape index (κ3) is 6.26. The van der Waals surface area contributed by atoms with Crippen LogP contribution in [-0.4, -0.2) is 69.0 Å². The Morgan fingerprint density at radius 1 is 0.972 bits per heavy atom. The third-order valence-corrected chi connectivity index (χ3v) is 9.30. The second-order valence-corrected chi connectivity index (χ2v) is 11.6. The molecule has 196 valence electrons. The number of nitrogens with one attached hydrogen (secondary N) is 1. The number of likely N-dealkylation sites (tertiary alicyclic amines) is 1. The number of piperidine rings is 2. The Morgan fingerprint density at radius 2 is 1.61 bits per heavy atom. The number of rotatable bonds is 7. The van der Waals surface area contributed by atoms with Gasteiger partial charge >= 0.3 is 10.2 Å². The summed E-state index contributed by atoms with van der Waals surface area (Å²) in [6.45, 7) is 4.41. The van der Waals surface area contributed by atoms with Gasteiger partial charge in [-0.2, -0.15) is 12.7 Å². The van der Waals surface area contributed by atoms with Crippen LogP contribution in [0.15, 0.2) is 36.4 Å². The summed E-state index contributed by atoms with van der Waals surface area (Å²) in [6, 6.07) is 10.2. The molecule has 0 bridgehead atoms. The first-order chi connectivity index (χ1) is 17.2. The molecule has 0 aliphatic carbocycles. The van der Waals surface area contributed by atoms with E-state index in [-0.39, 0.29) is 11.7 Å². The fourth-order valence-corrected chi connectivity index (χ4v) is 6.26. The Kier molecular flexibility index (Phi) is 8.67. The van der Waals surface area contributed by atoms with Crippen molar-refractivity contribution in [1.29, 1.82) is 0 Å². The molecule has 2 aromatic carbocycles. The largest absolute Gasteiger partial charge is 0.497 e. The Hall–Kier alpha value is -2.04. The number of carbonyl (C=O) groups is 1. The number of hydrogen-bond acceptors (Lipinski definition) is 6. The molecule has 0 spiro atoms. The van der Waals surface area contributed by atoms with Crippen molar-refractivity contribution in [3.63, 3.8) is 0 Å². The second kappa shape index (κ2) is 11.6. The van der Waals surface area contributed by atoms with E-state index < -0.39 is 16.1 Å². The van der Waals surface area contributed by atoms with Gasteiger partial charge in [0.1, 0.15) is 17.6 Å². The van der Waals surface area contributed by atoms with Crippen LogP contribution in [0.3, 0.4) is 0 Å². The first kappa shape index (κ1) is 27.0. The summed E-state index contributed by atoms with van der Waals surface area (Å²) in [6.07, 6.45) is 3.31. The van der Waals surface area contributed by atoms with Gasteiger partial charge in [0.15, 0.2) is 0 Å². The zero-order chi connectivity index (χ0) is 25.9. The molecule has 1 amide bonds. The fourth-order valence-electron chi connectivity index (χ4n) is 4.73. The monoisotopic (exact) mass is 555 g/mol. The van der Waals surface area contributed by atoms with E-state index in [9.17, 15) is 13.2 Å². The molecule has 2 aliphatic rings. The molecule has 2 fully saturated rings. The van der Waals surface area contributed by atoms with Crippen molar-refractivity contribution in [3.05, 3.63) is 57.6 Å². The average Bonchev–Trinajstić information content (AvgIpc) is 2.89. The predicted octanol–water partition coefficient (Wildman–Crippen LogP) is 4.29. The van der Waals surface area contributed by atoms with E-state index in [0.717, 1.165) is 50.1 Å². The van der Waals surface area contributed by atoms with E-state index in [1.165, 1.54) is 23.5 Å². The number of ether oxygens (including phenoxy) is 2. The number of benzene rings is 2. The van der Waals surface area contributed by atoms with E-state index in [1.807, 2.05) is 13.0 Å². The quantitative estimate of drug-likeness (QED) is 0.548. The van der Waals surface area contributed by atoms with Crippen molar-refractivity contribution >= 4 is 39.3 Å². The van der Waals surface area contributed by atoms with E-state index in [0.29, 0.717) is 34.9 Å². The molecule has 0 saturated carbocycles. The van der Waals surface area contributed by atoms with Crippen LogP contribution in [-0.2, 0) is 10.2 Å². The molecular weight excluding hydrogens is 525 g/mol. The van der Waals surface area contributed by atoms with Gasteiger partial charge < -0.3 is 14.4 Å². The second-order valence-electron chi connectivity index (χ2n) is 9.13. The summed E-state index contributed by atoms with van der Waals surface area (Å²) in [7, 11) is -2.39. The molecule has 1 N–H and O–H groups in total. The van der Waals surface area contributed by atoms with E-state index in [1.54, 1.807) is 18.2 Å². The lowest BCUT2D eigenvalue weighted by Crippen LogP contribution is -2.52. The van der Waals surface area contributed by atoms with Crippen LogP contribution in [0.5, 0.6) is 11.5 Å². The number of carbonyl (C=O) groups excluding carboxylic acids is 1. The minimum atomic E-state index is -3.91. The average molecular weight is 557 g/mol. The lowest BCUT2D eigenvalue weighted by Gasteiger charge is -2.41. The maximum absolute atomic E-state index is 12.8. The summed E-state index contributed by atoms with van der Waals surface area (Å²) in [4.78, 5) is 14.9. The summed E-state index contributed by atoms with van der Waals surface area (Å²) in [5.41, 5.74) is 1.11. The van der Waals surface area contributed by atoms with Gasteiger partial charge in [-0.05, 0) is 69.0 Å². The van der Waals surface area contributed by atoms with Crippen LogP contribution in [0.1, 0.15) is 41.6 Å². The number of hydrogen-bond donors (Lipinski definition) is 1. The molecule has 2 saturated heterocycles. The minimum absolute atomic E-state index is 0.103. The molecule has 11 heteroatoms. The van der Waals surface area contributed by atoms with Gasteiger partial charge in [0.05, 0.1) is 17.2 Å². The summed E-state index contributed by atoms with van der Waals surface area (Å²) in [5, 5.41) is 1.04. The summed E-state index contributed by atoms with van der Waals surface area (Å²) >= 11 is 12.3. The van der Waals surface area contributed by atoms with Gasteiger partial charge in [0, 0.05) is 43.3 Å². The topological polar surface area (TPSA) is 88.2 Å². The molecule has 2 aromatic rings. The molecule has 8 nitrogen and oxygen atoms in total. The van der Waals surface area contributed by atoms with Crippen LogP contribution in [0, 0.1) is 6.92 Å². The Bertz CT molecular complexity index is 1180. The first-order valence-corrected chi connectivity index (χ1v) is 14.2. The molecule has 4 rings (SSSR count). The lowest BCUT2D eigenvalue weighted by atomic mass is 10.00.